The number of pyridine rings is 1. The smallest absolute Gasteiger partial charge is 0.312 e. The van der Waals surface area contributed by atoms with Crippen LogP contribution in [0.2, 0.25) is 0 Å². The van der Waals surface area contributed by atoms with E-state index in [9.17, 15) is 10.1 Å². The average Bonchev–Trinajstić information content (AvgIpc) is 2.45. The molecule has 1 aromatic rings. The van der Waals surface area contributed by atoms with Gasteiger partial charge in [-0.25, -0.2) is 4.98 Å². The second-order valence-electron chi connectivity index (χ2n) is 5.17. The summed E-state index contributed by atoms with van der Waals surface area (Å²) in [6.07, 6.45) is 3.64. The lowest BCUT2D eigenvalue weighted by Gasteiger charge is -2.52. The molecule has 4 unspecified atom stereocenters. The second-order valence-corrected chi connectivity index (χ2v) is 6.08. The van der Waals surface area contributed by atoms with Crippen LogP contribution in [0, 0.1) is 16.0 Å². The van der Waals surface area contributed by atoms with Gasteiger partial charge in [-0.15, -0.1) is 0 Å². The van der Waals surface area contributed by atoms with Gasteiger partial charge in [0.15, 0.2) is 0 Å². The van der Waals surface area contributed by atoms with Gasteiger partial charge in [-0.05, 0) is 28.8 Å². The summed E-state index contributed by atoms with van der Waals surface area (Å²) in [5, 5.41) is 14.1. The Hall–Kier alpha value is -1.25. The SMILES string of the molecule is NC1C2CCCOC2C1Nc1ncc(Br)cc1[N+](=O)[O-]. The lowest BCUT2D eigenvalue weighted by Crippen LogP contribution is -2.69. The van der Waals surface area contributed by atoms with E-state index in [0.29, 0.717) is 10.4 Å². The number of hydrogen-bond acceptors (Lipinski definition) is 6. The monoisotopic (exact) mass is 342 g/mol. The van der Waals surface area contributed by atoms with E-state index in [2.05, 4.69) is 26.2 Å². The number of anilines is 1. The van der Waals surface area contributed by atoms with Gasteiger partial charge in [-0.2, -0.15) is 0 Å². The molecule has 1 saturated heterocycles. The summed E-state index contributed by atoms with van der Waals surface area (Å²) in [4.78, 5) is 14.7. The molecule has 0 spiro atoms. The van der Waals surface area contributed by atoms with Gasteiger partial charge in [0.2, 0.25) is 5.82 Å². The Labute approximate surface area is 124 Å². The van der Waals surface area contributed by atoms with E-state index in [1.54, 1.807) is 0 Å². The molecular weight excluding hydrogens is 328 g/mol. The van der Waals surface area contributed by atoms with Crippen molar-refractivity contribution in [3.63, 3.8) is 0 Å². The van der Waals surface area contributed by atoms with Gasteiger partial charge in [0.25, 0.3) is 0 Å². The number of ether oxygens (including phenoxy) is 1. The van der Waals surface area contributed by atoms with Crippen LogP contribution in [0.4, 0.5) is 11.5 Å². The summed E-state index contributed by atoms with van der Waals surface area (Å²) < 4.78 is 6.28. The van der Waals surface area contributed by atoms with Crippen molar-refractivity contribution in [2.45, 2.75) is 31.0 Å². The fourth-order valence-electron chi connectivity index (χ4n) is 2.96. The molecular formula is C12H15BrN4O3. The minimum atomic E-state index is -0.455. The van der Waals surface area contributed by atoms with E-state index in [4.69, 9.17) is 10.5 Å². The van der Waals surface area contributed by atoms with E-state index in [-0.39, 0.29) is 29.7 Å². The number of nitrogens with zero attached hydrogens (tertiary/aromatic N) is 2. The number of nitrogens with one attached hydrogen (secondary N) is 1. The van der Waals surface area contributed by atoms with Crippen LogP contribution in [0.1, 0.15) is 12.8 Å². The Morgan fingerprint density at radius 2 is 2.40 bits per heavy atom. The van der Waals surface area contributed by atoms with Gasteiger partial charge >= 0.3 is 5.69 Å². The third-order valence-electron chi connectivity index (χ3n) is 4.01. The largest absolute Gasteiger partial charge is 0.376 e. The van der Waals surface area contributed by atoms with Crippen molar-refractivity contribution in [2.75, 3.05) is 11.9 Å². The molecule has 20 heavy (non-hydrogen) atoms. The Morgan fingerprint density at radius 1 is 1.60 bits per heavy atom. The summed E-state index contributed by atoms with van der Waals surface area (Å²) in [5.41, 5.74) is 6.07. The number of fused-ring (bicyclic) bond motifs is 1. The number of nitrogens with two attached hydrogens (primary N) is 1. The summed E-state index contributed by atoms with van der Waals surface area (Å²) in [5.74, 6) is 0.585. The first-order chi connectivity index (χ1) is 9.58. The molecule has 0 aromatic carbocycles. The zero-order chi connectivity index (χ0) is 14.3. The lowest BCUT2D eigenvalue weighted by molar-refractivity contribution is -0.384. The lowest BCUT2D eigenvalue weighted by atomic mass is 9.68. The topological polar surface area (TPSA) is 103 Å². The van der Waals surface area contributed by atoms with Crippen LogP contribution >= 0.6 is 15.9 Å². The van der Waals surface area contributed by atoms with E-state index >= 15 is 0 Å². The van der Waals surface area contributed by atoms with Gasteiger partial charge in [0, 0.05) is 35.3 Å². The van der Waals surface area contributed by atoms with Gasteiger partial charge in [0.05, 0.1) is 17.1 Å². The minimum Gasteiger partial charge on any atom is -0.376 e. The first-order valence-corrected chi connectivity index (χ1v) is 7.31. The van der Waals surface area contributed by atoms with Crippen LogP contribution < -0.4 is 11.1 Å². The predicted octanol–water partition coefficient (Wildman–Crippen LogP) is 1.67. The van der Waals surface area contributed by atoms with E-state index in [0.717, 1.165) is 19.4 Å². The maximum atomic E-state index is 11.1. The fraction of sp³-hybridized carbons (Fsp3) is 0.583. The minimum absolute atomic E-state index is 0.0313. The summed E-state index contributed by atoms with van der Waals surface area (Å²) in [7, 11) is 0. The Morgan fingerprint density at radius 3 is 3.15 bits per heavy atom. The molecule has 0 amide bonds. The van der Waals surface area contributed by atoms with Crippen LogP contribution in [0.5, 0.6) is 0 Å². The van der Waals surface area contributed by atoms with Crippen LogP contribution in [-0.4, -0.2) is 34.7 Å². The maximum Gasteiger partial charge on any atom is 0.312 e. The first-order valence-electron chi connectivity index (χ1n) is 6.51. The van der Waals surface area contributed by atoms with Gasteiger partial charge < -0.3 is 15.8 Å². The molecule has 1 aliphatic heterocycles. The molecule has 2 heterocycles. The highest BCUT2D eigenvalue weighted by Crippen LogP contribution is 2.39. The van der Waals surface area contributed by atoms with Crippen molar-refractivity contribution in [1.29, 1.82) is 0 Å². The summed E-state index contributed by atoms with van der Waals surface area (Å²) in [6.45, 7) is 0.724. The Bertz CT molecular complexity index is 541. The molecule has 2 fully saturated rings. The fourth-order valence-corrected chi connectivity index (χ4v) is 3.28. The second kappa shape index (κ2) is 5.27. The molecule has 108 valence electrons. The molecule has 1 saturated carbocycles. The summed E-state index contributed by atoms with van der Waals surface area (Å²) >= 11 is 3.19. The van der Waals surface area contributed by atoms with Crippen molar-refractivity contribution < 1.29 is 9.66 Å². The average molecular weight is 343 g/mol. The molecule has 3 rings (SSSR count). The van der Waals surface area contributed by atoms with Crippen molar-refractivity contribution >= 4 is 27.4 Å². The molecule has 1 aliphatic carbocycles. The summed E-state index contributed by atoms with van der Waals surface area (Å²) in [6, 6.07) is 1.26. The third-order valence-corrected chi connectivity index (χ3v) is 4.45. The van der Waals surface area contributed by atoms with Crippen molar-refractivity contribution in [3.8, 4) is 0 Å². The maximum absolute atomic E-state index is 11.1. The number of rotatable bonds is 3. The number of nitro groups is 1. The molecule has 4 atom stereocenters. The van der Waals surface area contributed by atoms with Gasteiger partial charge in [-0.3, -0.25) is 10.1 Å². The van der Waals surface area contributed by atoms with Crippen molar-refractivity contribution in [3.05, 3.63) is 26.9 Å². The van der Waals surface area contributed by atoms with Crippen LogP contribution in [0.3, 0.4) is 0 Å². The molecule has 3 N–H and O–H groups in total. The van der Waals surface area contributed by atoms with Crippen LogP contribution in [0.15, 0.2) is 16.7 Å². The third kappa shape index (κ3) is 2.27. The predicted molar refractivity (Wildman–Crippen MR) is 76.4 cm³/mol. The molecule has 0 bridgehead atoms. The van der Waals surface area contributed by atoms with E-state index < -0.39 is 4.92 Å². The number of aromatic nitrogens is 1. The normalized spacial score (nSPS) is 32.1. The van der Waals surface area contributed by atoms with Gasteiger partial charge in [-0.1, -0.05) is 0 Å². The molecule has 7 nitrogen and oxygen atoms in total. The molecule has 2 aliphatic rings. The molecule has 0 radical (unpaired) electrons. The zero-order valence-electron chi connectivity index (χ0n) is 10.7. The van der Waals surface area contributed by atoms with Crippen LogP contribution in [-0.2, 0) is 4.74 Å². The number of hydrogen-bond donors (Lipinski definition) is 2. The standard InChI is InChI=1S/C12H15BrN4O3/c13-6-4-8(17(18)19)12(15-5-6)16-10-9(14)7-2-1-3-20-11(7)10/h4-5,7,9-11H,1-3,14H2,(H,15,16). The number of halogens is 1. The van der Waals surface area contributed by atoms with Gasteiger partial charge in [0.1, 0.15) is 0 Å². The Kier molecular flexibility index (Phi) is 3.61. The quantitative estimate of drug-likeness (QED) is 0.639. The van der Waals surface area contributed by atoms with Crippen LogP contribution in [0.25, 0.3) is 0 Å². The van der Waals surface area contributed by atoms with Crippen molar-refractivity contribution in [1.82, 2.24) is 4.98 Å². The highest BCUT2D eigenvalue weighted by atomic mass is 79.9. The van der Waals surface area contributed by atoms with Crippen molar-refractivity contribution in [2.24, 2.45) is 11.7 Å². The zero-order valence-corrected chi connectivity index (χ0v) is 12.2. The highest BCUT2D eigenvalue weighted by Gasteiger charge is 2.51. The highest BCUT2D eigenvalue weighted by molar-refractivity contribution is 9.10. The van der Waals surface area contributed by atoms with E-state index in [1.807, 2.05) is 0 Å². The first kappa shape index (κ1) is 13.7. The van der Waals surface area contributed by atoms with E-state index in [1.165, 1.54) is 12.3 Å². The Balaban J connectivity index is 1.80. The molecule has 8 heteroatoms. The molecule has 1 aromatic heterocycles.